The molecule has 6 nitrogen and oxygen atoms in total. The number of rotatable bonds is 7. The molecule has 4 rings (SSSR count). The summed E-state index contributed by atoms with van der Waals surface area (Å²) in [6.07, 6.45) is 7.28. The van der Waals surface area contributed by atoms with Crippen LogP contribution in [0.3, 0.4) is 0 Å². The number of thiazole rings is 1. The van der Waals surface area contributed by atoms with Gasteiger partial charge < -0.3 is 14.3 Å². The van der Waals surface area contributed by atoms with E-state index in [1.165, 1.54) is 0 Å². The van der Waals surface area contributed by atoms with E-state index in [4.69, 9.17) is 9.47 Å². The Kier molecular flexibility index (Phi) is 6.40. The lowest BCUT2D eigenvalue weighted by atomic mass is 9.90. The van der Waals surface area contributed by atoms with Gasteiger partial charge in [0.05, 0.1) is 25.8 Å². The Morgan fingerprint density at radius 1 is 1.17 bits per heavy atom. The largest absolute Gasteiger partial charge is 0.496 e. The normalized spacial score (nSPS) is 19.4. The fraction of sp³-hybridized carbons (Fsp3) is 0.348. The standard InChI is InChI=1S/C23H25N3O3S/c1-28-20-9-10-24-22(29-2)21(20)19-8-4-7-18(15-27)26(19)14-16-5-3-6-17(13-16)23-25-11-12-30-23/h3,5-6,9-13,15,18-19H,4,7-8,14H2,1-2H3. The van der Waals surface area contributed by atoms with Gasteiger partial charge >= 0.3 is 0 Å². The summed E-state index contributed by atoms with van der Waals surface area (Å²) in [5.74, 6) is 1.28. The van der Waals surface area contributed by atoms with Crippen molar-refractivity contribution >= 4 is 17.6 Å². The topological polar surface area (TPSA) is 64.6 Å². The molecule has 0 spiro atoms. The fourth-order valence-electron chi connectivity index (χ4n) is 4.23. The van der Waals surface area contributed by atoms with Gasteiger partial charge in [-0.2, -0.15) is 0 Å². The third kappa shape index (κ3) is 4.08. The highest BCUT2D eigenvalue weighted by molar-refractivity contribution is 7.13. The highest BCUT2D eigenvalue weighted by Gasteiger charge is 2.35. The van der Waals surface area contributed by atoms with Crippen molar-refractivity contribution < 1.29 is 14.3 Å². The van der Waals surface area contributed by atoms with E-state index in [1.54, 1.807) is 31.8 Å². The van der Waals surface area contributed by atoms with Crippen molar-refractivity contribution in [2.45, 2.75) is 37.9 Å². The van der Waals surface area contributed by atoms with E-state index in [2.05, 4.69) is 33.1 Å². The van der Waals surface area contributed by atoms with Crippen molar-refractivity contribution in [1.29, 1.82) is 0 Å². The van der Waals surface area contributed by atoms with Gasteiger partial charge in [-0.1, -0.05) is 18.2 Å². The molecule has 156 valence electrons. The molecule has 0 saturated carbocycles. The van der Waals surface area contributed by atoms with Crippen LogP contribution in [0.5, 0.6) is 11.6 Å². The minimum absolute atomic E-state index is 0.0175. The van der Waals surface area contributed by atoms with Crippen LogP contribution in [-0.2, 0) is 11.3 Å². The van der Waals surface area contributed by atoms with Crippen LogP contribution >= 0.6 is 11.3 Å². The van der Waals surface area contributed by atoms with Crippen molar-refractivity contribution in [3.8, 4) is 22.2 Å². The quantitative estimate of drug-likeness (QED) is 0.521. The molecule has 1 aliphatic heterocycles. The smallest absolute Gasteiger partial charge is 0.221 e. The van der Waals surface area contributed by atoms with Crippen LogP contribution in [0, 0.1) is 0 Å². The van der Waals surface area contributed by atoms with Crippen molar-refractivity contribution in [3.63, 3.8) is 0 Å². The molecular formula is C23H25N3O3S. The number of benzene rings is 1. The summed E-state index contributed by atoms with van der Waals surface area (Å²) >= 11 is 1.62. The monoisotopic (exact) mass is 423 g/mol. The minimum atomic E-state index is -0.165. The van der Waals surface area contributed by atoms with Crippen LogP contribution in [-0.4, -0.2) is 41.4 Å². The predicted molar refractivity (Wildman–Crippen MR) is 117 cm³/mol. The number of methoxy groups -OCH3 is 2. The summed E-state index contributed by atoms with van der Waals surface area (Å²) in [6.45, 7) is 0.647. The Balaban J connectivity index is 1.71. The van der Waals surface area contributed by atoms with Crippen molar-refractivity contribution in [2.24, 2.45) is 0 Å². The third-order valence-electron chi connectivity index (χ3n) is 5.59. The molecule has 1 fully saturated rings. The molecule has 7 heteroatoms. The van der Waals surface area contributed by atoms with Crippen molar-refractivity contribution in [3.05, 3.63) is 59.2 Å². The number of pyridine rings is 1. The Bertz CT molecular complexity index is 971. The number of carbonyl (C=O) groups is 1. The number of hydrogen-bond acceptors (Lipinski definition) is 7. The molecule has 30 heavy (non-hydrogen) atoms. The molecule has 2 unspecified atom stereocenters. The Morgan fingerprint density at radius 3 is 2.80 bits per heavy atom. The summed E-state index contributed by atoms with van der Waals surface area (Å²) in [6, 6.07) is 10.0. The SMILES string of the molecule is COc1ccnc(OC)c1C1CCCC(C=O)N1Cc1cccc(-c2nccs2)c1. The zero-order chi connectivity index (χ0) is 20.9. The molecular weight excluding hydrogens is 398 g/mol. The molecule has 1 aromatic carbocycles. The second kappa shape index (κ2) is 9.36. The number of piperidine rings is 1. The maximum absolute atomic E-state index is 12.0. The second-order valence-electron chi connectivity index (χ2n) is 7.30. The van der Waals surface area contributed by atoms with E-state index in [1.807, 2.05) is 23.7 Å². The number of ether oxygens (including phenoxy) is 2. The first kappa shape index (κ1) is 20.5. The Labute approximate surface area is 180 Å². The third-order valence-corrected chi connectivity index (χ3v) is 6.41. The molecule has 2 atom stereocenters. The molecule has 0 radical (unpaired) electrons. The molecule has 3 aromatic rings. The van der Waals surface area contributed by atoms with E-state index >= 15 is 0 Å². The molecule has 1 saturated heterocycles. The summed E-state index contributed by atoms with van der Waals surface area (Å²) in [5, 5.41) is 2.97. The van der Waals surface area contributed by atoms with Crippen molar-refractivity contribution in [2.75, 3.05) is 14.2 Å². The zero-order valence-electron chi connectivity index (χ0n) is 17.2. The number of aromatic nitrogens is 2. The van der Waals surface area contributed by atoms with E-state index in [9.17, 15) is 4.79 Å². The van der Waals surface area contributed by atoms with E-state index in [0.717, 1.165) is 53.0 Å². The van der Waals surface area contributed by atoms with Gasteiger partial charge in [0.15, 0.2) is 0 Å². The van der Waals surface area contributed by atoms with Crippen molar-refractivity contribution in [1.82, 2.24) is 14.9 Å². The summed E-state index contributed by atoms with van der Waals surface area (Å²) in [7, 11) is 3.27. The van der Waals surface area contributed by atoms with E-state index < -0.39 is 0 Å². The number of aldehydes is 1. The second-order valence-corrected chi connectivity index (χ2v) is 8.19. The maximum atomic E-state index is 12.0. The summed E-state index contributed by atoms with van der Waals surface area (Å²) in [4.78, 5) is 23.0. The fourth-order valence-corrected chi connectivity index (χ4v) is 4.87. The summed E-state index contributed by atoms with van der Waals surface area (Å²) in [5.41, 5.74) is 3.14. The maximum Gasteiger partial charge on any atom is 0.221 e. The highest BCUT2D eigenvalue weighted by atomic mass is 32.1. The zero-order valence-corrected chi connectivity index (χ0v) is 18.0. The molecule has 3 heterocycles. The lowest BCUT2D eigenvalue weighted by Crippen LogP contribution is -2.42. The predicted octanol–water partition coefficient (Wildman–Crippen LogP) is 4.52. The minimum Gasteiger partial charge on any atom is -0.496 e. The Hall–Kier alpha value is -2.77. The van der Waals surface area contributed by atoms with Gasteiger partial charge in [0.2, 0.25) is 5.88 Å². The summed E-state index contributed by atoms with van der Waals surface area (Å²) < 4.78 is 11.2. The number of nitrogens with zero attached hydrogens (tertiary/aromatic N) is 3. The molecule has 0 bridgehead atoms. The van der Waals surface area contributed by atoms with Gasteiger partial charge in [0, 0.05) is 35.9 Å². The van der Waals surface area contributed by atoms with Gasteiger partial charge in [-0.3, -0.25) is 4.90 Å². The van der Waals surface area contributed by atoms with Gasteiger partial charge in [-0.05, 0) is 37.0 Å². The van der Waals surface area contributed by atoms with Crippen LogP contribution in [0.4, 0.5) is 0 Å². The van der Waals surface area contributed by atoms with Crippen LogP contribution in [0.2, 0.25) is 0 Å². The lowest BCUT2D eigenvalue weighted by molar-refractivity contribution is -0.115. The van der Waals surface area contributed by atoms with Gasteiger partial charge in [-0.25, -0.2) is 9.97 Å². The lowest BCUT2D eigenvalue weighted by Gasteiger charge is -2.40. The molecule has 0 N–H and O–H groups in total. The van der Waals surface area contributed by atoms with Crippen LogP contribution in [0.15, 0.2) is 48.1 Å². The van der Waals surface area contributed by atoms with E-state index in [0.29, 0.717) is 12.4 Å². The molecule has 0 amide bonds. The van der Waals surface area contributed by atoms with Crippen LogP contribution in [0.1, 0.15) is 36.4 Å². The number of likely N-dealkylation sites (tertiary alicyclic amines) is 1. The number of hydrogen-bond donors (Lipinski definition) is 0. The first-order valence-electron chi connectivity index (χ1n) is 10.0. The Morgan fingerprint density at radius 2 is 2.07 bits per heavy atom. The first-order chi connectivity index (χ1) is 14.7. The van der Waals surface area contributed by atoms with Gasteiger partial charge in [0.1, 0.15) is 17.0 Å². The van der Waals surface area contributed by atoms with Crippen LogP contribution < -0.4 is 9.47 Å². The number of carbonyl (C=O) groups excluding carboxylic acids is 1. The average Bonchev–Trinajstić information content (AvgIpc) is 3.34. The average molecular weight is 424 g/mol. The van der Waals surface area contributed by atoms with Crippen LogP contribution in [0.25, 0.3) is 10.6 Å². The van der Waals surface area contributed by atoms with E-state index in [-0.39, 0.29) is 12.1 Å². The molecule has 1 aliphatic rings. The molecule has 0 aliphatic carbocycles. The first-order valence-corrected chi connectivity index (χ1v) is 10.9. The van der Waals surface area contributed by atoms with Gasteiger partial charge in [0.25, 0.3) is 0 Å². The van der Waals surface area contributed by atoms with Gasteiger partial charge in [-0.15, -0.1) is 11.3 Å². The highest BCUT2D eigenvalue weighted by Crippen LogP contribution is 2.42. The molecule has 2 aromatic heterocycles.